The summed E-state index contributed by atoms with van der Waals surface area (Å²) in [6, 6.07) is 0.766. The van der Waals surface area contributed by atoms with E-state index in [1.165, 1.54) is 45.1 Å². The van der Waals surface area contributed by atoms with Gasteiger partial charge in [-0.2, -0.15) is 0 Å². The predicted octanol–water partition coefficient (Wildman–Crippen LogP) is 3.05. The van der Waals surface area contributed by atoms with Crippen molar-refractivity contribution in [3.8, 4) is 0 Å². The Morgan fingerprint density at radius 1 is 1.18 bits per heavy atom. The highest BCUT2D eigenvalue weighted by Gasteiger charge is 2.37. The van der Waals surface area contributed by atoms with Crippen molar-refractivity contribution in [1.82, 2.24) is 4.90 Å². The van der Waals surface area contributed by atoms with Gasteiger partial charge in [-0.1, -0.05) is 26.7 Å². The van der Waals surface area contributed by atoms with Gasteiger partial charge in [0.25, 0.3) is 0 Å². The van der Waals surface area contributed by atoms with Crippen LogP contribution in [0.25, 0.3) is 0 Å². The van der Waals surface area contributed by atoms with E-state index >= 15 is 0 Å². The number of rotatable bonds is 4. The molecule has 2 aliphatic rings. The van der Waals surface area contributed by atoms with Gasteiger partial charge in [-0.05, 0) is 51.0 Å². The van der Waals surface area contributed by atoms with Crippen LogP contribution in [0, 0.1) is 11.8 Å². The second kappa shape index (κ2) is 5.27. The van der Waals surface area contributed by atoms with Gasteiger partial charge in [0.15, 0.2) is 0 Å². The molecule has 0 amide bonds. The topological polar surface area (TPSA) is 23.5 Å². The van der Waals surface area contributed by atoms with Crippen LogP contribution in [0.15, 0.2) is 0 Å². The molecular weight excluding hydrogens is 210 g/mol. The van der Waals surface area contributed by atoms with Crippen LogP contribution < -0.4 is 0 Å². The third-order valence-corrected chi connectivity index (χ3v) is 5.13. The lowest BCUT2D eigenvalue weighted by Gasteiger charge is -2.37. The Morgan fingerprint density at radius 3 is 2.41 bits per heavy atom. The zero-order valence-corrected chi connectivity index (χ0v) is 11.8. The van der Waals surface area contributed by atoms with Crippen LogP contribution in [0.2, 0.25) is 0 Å². The first kappa shape index (κ1) is 13.4. The molecule has 0 spiro atoms. The summed E-state index contributed by atoms with van der Waals surface area (Å²) in [5.74, 6) is 1.26. The van der Waals surface area contributed by atoms with E-state index in [9.17, 15) is 5.11 Å². The predicted molar refractivity (Wildman–Crippen MR) is 72.0 cm³/mol. The second-order valence-electron chi connectivity index (χ2n) is 6.74. The van der Waals surface area contributed by atoms with Crippen LogP contribution >= 0.6 is 0 Å². The summed E-state index contributed by atoms with van der Waals surface area (Å²) < 4.78 is 0. The average molecular weight is 239 g/mol. The molecule has 100 valence electrons. The monoisotopic (exact) mass is 239 g/mol. The SMILES string of the molecule is CC(C)C(C)(O)CN1CCCC1C1CCCC1. The average Bonchev–Trinajstić information content (AvgIpc) is 2.85. The van der Waals surface area contributed by atoms with Gasteiger partial charge in [-0.3, -0.25) is 4.90 Å². The normalized spacial score (nSPS) is 31.2. The lowest BCUT2D eigenvalue weighted by molar-refractivity contribution is -0.0267. The summed E-state index contributed by atoms with van der Waals surface area (Å²) >= 11 is 0. The van der Waals surface area contributed by atoms with E-state index in [0.29, 0.717) is 5.92 Å². The molecule has 1 saturated carbocycles. The van der Waals surface area contributed by atoms with Crippen molar-refractivity contribution >= 4 is 0 Å². The highest BCUT2D eigenvalue weighted by molar-refractivity contribution is 4.91. The van der Waals surface area contributed by atoms with Crippen molar-refractivity contribution < 1.29 is 5.11 Å². The third-order valence-electron chi connectivity index (χ3n) is 5.13. The van der Waals surface area contributed by atoms with Crippen molar-refractivity contribution in [3.05, 3.63) is 0 Å². The number of likely N-dealkylation sites (tertiary alicyclic amines) is 1. The molecule has 1 aliphatic heterocycles. The van der Waals surface area contributed by atoms with Gasteiger partial charge in [0, 0.05) is 12.6 Å². The Bertz CT molecular complexity index is 243. The van der Waals surface area contributed by atoms with Crippen LogP contribution in [0.5, 0.6) is 0 Å². The van der Waals surface area contributed by atoms with Gasteiger partial charge in [0.2, 0.25) is 0 Å². The molecule has 0 aromatic heterocycles. The van der Waals surface area contributed by atoms with Gasteiger partial charge in [0.1, 0.15) is 0 Å². The minimum absolute atomic E-state index is 0.340. The largest absolute Gasteiger partial charge is 0.389 e. The van der Waals surface area contributed by atoms with E-state index < -0.39 is 5.60 Å². The van der Waals surface area contributed by atoms with Crippen LogP contribution in [0.4, 0.5) is 0 Å². The standard InChI is InChI=1S/C15H29NO/c1-12(2)15(3,17)11-16-10-6-9-14(16)13-7-4-5-8-13/h12-14,17H,4-11H2,1-3H3. The Labute approximate surface area is 106 Å². The Kier molecular flexibility index (Phi) is 4.14. The highest BCUT2D eigenvalue weighted by atomic mass is 16.3. The van der Waals surface area contributed by atoms with Crippen LogP contribution in [0.1, 0.15) is 59.3 Å². The number of hydrogen-bond donors (Lipinski definition) is 1. The second-order valence-corrected chi connectivity index (χ2v) is 6.74. The van der Waals surface area contributed by atoms with Gasteiger partial charge >= 0.3 is 0 Å². The number of nitrogens with zero attached hydrogens (tertiary/aromatic N) is 1. The molecular formula is C15H29NO. The zero-order valence-electron chi connectivity index (χ0n) is 11.8. The molecule has 1 heterocycles. The Balaban J connectivity index is 1.95. The number of aliphatic hydroxyl groups is 1. The molecule has 1 aliphatic carbocycles. The first-order valence-electron chi connectivity index (χ1n) is 7.47. The fourth-order valence-electron chi connectivity index (χ4n) is 3.52. The van der Waals surface area contributed by atoms with Crippen LogP contribution in [-0.4, -0.2) is 34.7 Å². The van der Waals surface area contributed by atoms with E-state index in [1.54, 1.807) is 0 Å². The van der Waals surface area contributed by atoms with Crippen molar-refractivity contribution in [1.29, 1.82) is 0 Å². The van der Waals surface area contributed by atoms with Crippen molar-refractivity contribution in [2.75, 3.05) is 13.1 Å². The van der Waals surface area contributed by atoms with E-state index in [-0.39, 0.29) is 0 Å². The zero-order chi connectivity index (χ0) is 12.5. The molecule has 2 fully saturated rings. The van der Waals surface area contributed by atoms with Gasteiger partial charge in [-0.25, -0.2) is 0 Å². The smallest absolute Gasteiger partial charge is 0.0768 e. The molecule has 0 radical (unpaired) electrons. The molecule has 2 heteroatoms. The van der Waals surface area contributed by atoms with E-state index in [4.69, 9.17) is 0 Å². The van der Waals surface area contributed by atoms with E-state index in [1.807, 2.05) is 6.92 Å². The van der Waals surface area contributed by atoms with Crippen molar-refractivity contribution in [2.24, 2.45) is 11.8 Å². The number of hydrogen-bond acceptors (Lipinski definition) is 2. The van der Waals surface area contributed by atoms with Crippen LogP contribution in [-0.2, 0) is 0 Å². The lowest BCUT2D eigenvalue weighted by atomic mass is 9.90. The molecule has 2 atom stereocenters. The Morgan fingerprint density at radius 2 is 1.82 bits per heavy atom. The van der Waals surface area contributed by atoms with Crippen molar-refractivity contribution in [2.45, 2.75) is 70.9 Å². The third kappa shape index (κ3) is 3.03. The molecule has 0 bridgehead atoms. The maximum Gasteiger partial charge on any atom is 0.0768 e. The van der Waals surface area contributed by atoms with Gasteiger partial charge < -0.3 is 5.11 Å². The minimum atomic E-state index is -0.527. The maximum atomic E-state index is 10.5. The van der Waals surface area contributed by atoms with Crippen LogP contribution in [0.3, 0.4) is 0 Å². The molecule has 1 N–H and O–H groups in total. The molecule has 0 aromatic rings. The highest BCUT2D eigenvalue weighted by Crippen LogP contribution is 2.36. The molecule has 17 heavy (non-hydrogen) atoms. The number of β-amino-alcohol motifs (C(OH)–C–C–N with tert-alkyl or cyclic N) is 1. The molecule has 1 saturated heterocycles. The van der Waals surface area contributed by atoms with E-state index in [2.05, 4.69) is 18.7 Å². The first-order valence-corrected chi connectivity index (χ1v) is 7.47. The molecule has 2 rings (SSSR count). The van der Waals surface area contributed by atoms with Gasteiger partial charge in [-0.15, -0.1) is 0 Å². The molecule has 2 nitrogen and oxygen atoms in total. The summed E-state index contributed by atoms with van der Waals surface area (Å²) in [7, 11) is 0. The van der Waals surface area contributed by atoms with Gasteiger partial charge in [0.05, 0.1) is 5.60 Å². The molecule has 2 unspecified atom stereocenters. The lowest BCUT2D eigenvalue weighted by Crippen LogP contribution is -2.47. The quantitative estimate of drug-likeness (QED) is 0.815. The summed E-state index contributed by atoms with van der Waals surface area (Å²) in [5.41, 5.74) is -0.527. The minimum Gasteiger partial charge on any atom is -0.389 e. The Hall–Kier alpha value is -0.0800. The van der Waals surface area contributed by atoms with E-state index in [0.717, 1.165) is 18.5 Å². The fraction of sp³-hybridized carbons (Fsp3) is 1.00. The fourth-order valence-corrected chi connectivity index (χ4v) is 3.52. The first-order chi connectivity index (χ1) is 8.00. The van der Waals surface area contributed by atoms with Crippen molar-refractivity contribution in [3.63, 3.8) is 0 Å². The molecule has 0 aromatic carbocycles. The summed E-state index contributed by atoms with van der Waals surface area (Å²) in [5, 5.41) is 10.5. The summed E-state index contributed by atoms with van der Waals surface area (Å²) in [6.45, 7) is 8.32. The summed E-state index contributed by atoms with van der Waals surface area (Å²) in [6.07, 6.45) is 8.38. The summed E-state index contributed by atoms with van der Waals surface area (Å²) in [4.78, 5) is 2.58. The maximum absolute atomic E-state index is 10.5.